The van der Waals surface area contributed by atoms with Crippen molar-refractivity contribution in [2.24, 2.45) is 0 Å². The number of aryl methyl sites for hydroxylation is 1. The van der Waals surface area contributed by atoms with E-state index in [1.807, 2.05) is 6.07 Å². The van der Waals surface area contributed by atoms with Crippen LogP contribution in [0.3, 0.4) is 0 Å². The molecule has 0 unspecified atom stereocenters. The number of rotatable bonds is 2. The van der Waals surface area contributed by atoms with E-state index in [1.165, 1.54) is 6.08 Å². The van der Waals surface area contributed by atoms with Crippen LogP contribution in [0.1, 0.15) is 48.1 Å². The second kappa shape index (κ2) is 8.62. The summed E-state index contributed by atoms with van der Waals surface area (Å²) in [6.07, 6.45) is 8.41. The SMILES string of the molecule is N#Cc1cc(F)c(C=C2CCN(C(=O)Nc3ccnc4c3CCCC4)CC2)c(F)c1. The first-order chi connectivity index (χ1) is 14.5. The van der Waals surface area contributed by atoms with Gasteiger partial charge in [-0.3, -0.25) is 4.98 Å². The highest BCUT2D eigenvalue weighted by Crippen LogP contribution is 2.27. The summed E-state index contributed by atoms with van der Waals surface area (Å²) in [6.45, 7) is 0.953. The van der Waals surface area contributed by atoms with Crippen molar-refractivity contribution < 1.29 is 13.6 Å². The number of anilines is 1. The monoisotopic (exact) mass is 408 g/mol. The number of halogens is 2. The van der Waals surface area contributed by atoms with E-state index in [9.17, 15) is 13.6 Å². The van der Waals surface area contributed by atoms with Gasteiger partial charge in [0.2, 0.25) is 0 Å². The number of piperidine rings is 1. The number of carbonyl (C=O) groups excluding carboxylic acids is 1. The molecule has 0 bridgehead atoms. The number of carbonyl (C=O) groups is 1. The Morgan fingerprint density at radius 1 is 1.13 bits per heavy atom. The summed E-state index contributed by atoms with van der Waals surface area (Å²) in [5.74, 6) is -1.50. The lowest BCUT2D eigenvalue weighted by Crippen LogP contribution is -2.39. The summed E-state index contributed by atoms with van der Waals surface area (Å²) in [7, 11) is 0. The zero-order valence-electron chi connectivity index (χ0n) is 16.5. The fourth-order valence-corrected chi connectivity index (χ4v) is 4.07. The van der Waals surface area contributed by atoms with E-state index in [0.717, 1.165) is 60.3 Å². The summed E-state index contributed by atoms with van der Waals surface area (Å²) in [5.41, 5.74) is 3.72. The van der Waals surface area contributed by atoms with Gasteiger partial charge in [0.15, 0.2) is 0 Å². The number of aromatic nitrogens is 1. The second-order valence-electron chi connectivity index (χ2n) is 7.68. The number of hydrogen-bond acceptors (Lipinski definition) is 3. The number of pyridine rings is 1. The van der Waals surface area contributed by atoms with Gasteiger partial charge in [-0.1, -0.05) is 5.57 Å². The lowest BCUT2D eigenvalue weighted by Gasteiger charge is -2.29. The molecular weight excluding hydrogens is 386 g/mol. The van der Waals surface area contributed by atoms with Crippen molar-refractivity contribution in [1.82, 2.24) is 9.88 Å². The lowest BCUT2D eigenvalue weighted by molar-refractivity contribution is 0.207. The van der Waals surface area contributed by atoms with Gasteiger partial charge in [0.1, 0.15) is 11.6 Å². The minimum absolute atomic E-state index is 0.0445. The van der Waals surface area contributed by atoms with Crippen molar-refractivity contribution in [3.05, 3.63) is 64.0 Å². The van der Waals surface area contributed by atoms with Gasteiger partial charge >= 0.3 is 6.03 Å². The Hall–Kier alpha value is -3.27. The minimum atomic E-state index is -0.748. The highest BCUT2D eigenvalue weighted by Gasteiger charge is 2.22. The predicted octanol–water partition coefficient (Wildman–Crippen LogP) is 4.82. The molecule has 1 aliphatic carbocycles. The first-order valence-electron chi connectivity index (χ1n) is 10.2. The lowest BCUT2D eigenvalue weighted by atomic mass is 9.95. The summed E-state index contributed by atoms with van der Waals surface area (Å²) in [4.78, 5) is 18.9. The summed E-state index contributed by atoms with van der Waals surface area (Å²) >= 11 is 0. The first-order valence-corrected chi connectivity index (χ1v) is 10.2. The van der Waals surface area contributed by atoms with Gasteiger partial charge < -0.3 is 10.2 Å². The number of fused-ring (bicyclic) bond motifs is 1. The van der Waals surface area contributed by atoms with Crippen molar-refractivity contribution in [2.45, 2.75) is 38.5 Å². The normalized spacial score (nSPS) is 15.9. The highest BCUT2D eigenvalue weighted by atomic mass is 19.1. The molecule has 1 aromatic carbocycles. The minimum Gasteiger partial charge on any atom is -0.324 e. The van der Waals surface area contributed by atoms with Crippen LogP contribution in [0, 0.1) is 23.0 Å². The fraction of sp³-hybridized carbons (Fsp3) is 0.348. The standard InChI is InChI=1S/C23H22F2N4O/c24-19-12-16(14-26)13-20(25)18(19)11-15-6-9-29(10-7-15)23(30)28-22-5-8-27-21-4-2-1-3-17(21)22/h5,8,11-13H,1-4,6-7,9-10H2,(H,27,28,30). The maximum Gasteiger partial charge on any atom is 0.321 e. The molecule has 2 aliphatic rings. The van der Waals surface area contributed by atoms with Gasteiger partial charge in [0.25, 0.3) is 0 Å². The average Bonchev–Trinajstić information content (AvgIpc) is 2.76. The Bertz CT molecular complexity index is 1020. The van der Waals surface area contributed by atoms with E-state index in [2.05, 4.69) is 10.3 Å². The average molecular weight is 408 g/mol. The number of nitrogens with one attached hydrogen (secondary N) is 1. The molecule has 30 heavy (non-hydrogen) atoms. The van der Waals surface area contributed by atoms with Crippen LogP contribution in [0.4, 0.5) is 19.3 Å². The number of nitrogens with zero attached hydrogens (tertiary/aromatic N) is 3. The van der Waals surface area contributed by atoms with Crippen LogP contribution < -0.4 is 5.32 Å². The van der Waals surface area contributed by atoms with Crippen molar-refractivity contribution >= 4 is 17.8 Å². The van der Waals surface area contributed by atoms with E-state index in [4.69, 9.17) is 5.26 Å². The number of benzene rings is 1. The predicted molar refractivity (Wildman–Crippen MR) is 110 cm³/mol. The fourth-order valence-electron chi connectivity index (χ4n) is 4.07. The molecule has 0 spiro atoms. The van der Waals surface area contributed by atoms with Gasteiger partial charge in [-0.25, -0.2) is 13.6 Å². The molecule has 1 fully saturated rings. The third-order valence-corrected chi connectivity index (χ3v) is 5.73. The molecule has 1 aliphatic heterocycles. The van der Waals surface area contributed by atoms with Gasteiger partial charge in [-0.2, -0.15) is 5.26 Å². The van der Waals surface area contributed by atoms with E-state index in [-0.39, 0.29) is 17.2 Å². The van der Waals surface area contributed by atoms with Crippen LogP contribution in [-0.4, -0.2) is 29.0 Å². The van der Waals surface area contributed by atoms with Crippen LogP contribution >= 0.6 is 0 Å². The molecule has 2 heterocycles. The Labute approximate surface area is 174 Å². The smallest absolute Gasteiger partial charge is 0.321 e. The summed E-state index contributed by atoms with van der Waals surface area (Å²) < 4.78 is 28.2. The van der Waals surface area contributed by atoms with Crippen molar-refractivity contribution in [2.75, 3.05) is 18.4 Å². The van der Waals surface area contributed by atoms with Gasteiger partial charge in [0, 0.05) is 36.2 Å². The van der Waals surface area contributed by atoms with E-state index in [1.54, 1.807) is 17.2 Å². The summed E-state index contributed by atoms with van der Waals surface area (Å²) in [6, 6.07) is 5.49. The number of hydrogen-bond donors (Lipinski definition) is 1. The molecule has 154 valence electrons. The Morgan fingerprint density at radius 2 is 1.83 bits per heavy atom. The third-order valence-electron chi connectivity index (χ3n) is 5.73. The highest BCUT2D eigenvalue weighted by molar-refractivity contribution is 5.90. The van der Waals surface area contributed by atoms with Crippen molar-refractivity contribution in [3.8, 4) is 6.07 Å². The van der Waals surface area contributed by atoms with Gasteiger partial charge in [0.05, 0.1) is 11.6 Å². The Balaban J connectivity index is 1.41. The van der Waals surface area contributed by atoms with Crippen LogP contribution in [0.5, 0.6) is 0 Å². The molecular formula is C23H22F2N4O. The Morgan fingerprint density at radius 3 is 2.53 bits per heavy atom. The third kappa shape index (κ3) is 4.18. The van der Waals surface area contributed by atoms with Crippen LogP contribution in [0.25, 0.3) is 6.08 Å². The maximum atomic E-state index is 14.1. The largest absolute Gasteiger partial charge is 0.324 e. The summed E-state index contributed by atoms with van der Waals surface area (Å²) in [5, 5.41) is 11.8. The first kappa shape index (κ1) is 20.0. The molecule has 1 N–H and O–H groups in total. The quantitative estimate of drug-likeness (QED) is 0.774. The molecule has 2 amide bonds. The van der Waals surface area contributed by atoms with E-state index < -0.39 is 11.6 Å². The molecule has 5 nitrogen and oxygen atoms in total. The molecule has 0 atom stereocenters. The molecule has 1 aromatic heterocycles. The second-order valence-corrected chi connectivity index (χ2v) is 7.68. The van der Waals surface area contributed by atoms with Crippen LogP contribution in [-0.2, 0) is 12.8 Å². The molecule has 4 rings (SSSR count). The van der Waals surface area contributed by atoms with Crippen molar-refractivity contribution in [1.29, 1.82) is 5.26 Å². The van der Waals surface area contributed by atoms with Crippen molar-refractivity contribution in [3.63, 3.8) is 0 Å². The van der Waals surface area contributed by atoms with E-state index in [0.29, 0.717) is 25.9 Å². The topological polar surface area (TPSA) is 69.0 Å². The molecule has 0 saturated carbocycles. The van der Waals surface area contributed by atoms with Gasteiger partial charge in [-0.15, -0.1) is 0 Å². The molecule has 2 aromatic rings. The molecule has 1 saturated heterocycles. The molecule has 0 radical (unpaired) electrons. The van der Waals surface area contributed by atoms with Crippen LogP contribution in [0.15, 0.2) is 30.0 Å². The number of likely N-dealkylation sites (tertiary alicyclic amines) is 1. The Kier molecular flexibility index (Phi) is 5.75. The zero-order valence-corrected chi connectivity index (χ0v) is 16.5. The van der Waals surface area contributed by atoms with E-state index >= 15 is 0 Å². The number of amides is 2. The zero-order chi connectivity index (χ0) is 21.1. The van der Waals surface area contributed by atoms with Crippen LogP contribution in [0.2, 0.25) is 0 Å². The van der Waals surface area contributed by atoms with Gasteiger partial charge in [-0.05, 0) is 68.4 Å². The number of urea groups is 1. The number of nitriles is 1. The molecule has 7 heteroatoms. The maximum absolute atomic E-state index is 14.1.